The summed E-state index contributed by atoms with van der Waals surface area (Å²) in [4.78, 5) is 0. The zero-order valence-corrected chi connectivity index (χ0v) is 92.6. The average Bonchev–Trinajstić information content (AvgIpc) is 0.732. The fourth-order valence-electron chi connectivity index (χ4n) is 22.3. The van der Waals surface area contributed by atoms with Crippen molar-refractivity contribution in [2.75, 3.05) is 0 Å². The van der Waals surface area contributed by atoms with Gasteiger partial charge in [-0.2, -0.15) is 0 Å². The highest BCUT2D eigenvalue weighted by Gasteiger charge is 2.30. The first-order valence-corrected chi connectivity index (χ1v) is 66.3. The molecule has 0 saturated carbocycles. The molecule has 24 aromatic carbocycles. The highest BCUT2D eigenvalue weighted by atomic mass is 28.3. The number of fused-ring (bicyclic) bond motifs is 12. The first-order valence-electron chi connectivity index (χ1n) is 52.3. The molecule has 0 fully saturated rings. The van der Waals surface area contributed by atoms with Crippen LogP contribution in [0.5, 0.6) is 0 Å². The maximum atomic E-state index is 2.52. The Labute approximate surface area is 868 Å². The molecule has 0 unspecified atom stereocenters. The van der Waals surface area contributed by atoms with Crippen LogP contribution < -0.4 is 20.7 Å². The second-order valence-electron chi connectivity index (χ2n) is 46.8. The fraction of sp³-hybridized carbons (Fsp3) is 0.155. The van der Waals surface area contributed by atoms with Gasteiger partial charge in [-0.1, -0.05) is 558 Å². The molecule has 0 amide bonds. The summed E-state index contributed by atoms with van der Waals surface area (Å²) < 4.78 is 0. The molecule has 716 valence electrons. The Bertz CT molecular complexity index is 8880. The quantitative estimate of drug-likeness (QED) is 0.0845. The summed E-state index contributed by atoms with van der Waals surface area (Å²) in [6.45, 7) is 47.6. The summed E-state index contributed by atoms with van der Waals surface area (Å²) in [5, 5.41) is 37.7. The average molecular weight is 1950 g/mol. The number of rotatable bonds is 12. The van der Waals surface area contributed by atoms with Crippen molar-refractivity contribution in [1.82, 2.24) is 0 Å². The minimum Gasteiger partial charge on any atom is -0.0656 e. The lowest BCUT2D eigenvalue weighted by Crippen LogP contribution is -2.37. The van der Waals surface area contributed by atoms with E-state index < -0.39 is 32.3 Å². The van der Waals surface area contributed by atoms with Crippen LogP contribution in [0.25, 0.3) is 218 Å². The smallest absolute Gasteiger partial charge is 0.0656 e. The Morgan fingerprint density at radius 1 is 0.144 bits per heavy atom. The predicted molar refractivity (Wildman–Crippen MR) is 658 cm³/mol. The lowest BCUT2D eigenvalue weighted by molar-refractivity contribution is 0.590. The van der Waals surface area contributed by atoms with E-state index in [-0.39, 0.29) is 10.8 Å². The third-order valence-corrected chi connectivity index (χ3v) is 38.6. The van der Waals surface area contributed by atoms with E-state index in [4.69, 9.17) is 0 Å². The molecule has 4 heteroatoms. The van der Waals surface area contributed by atoms with Crippen molar-refractivity contribution in [1.29, 1.82) is 0 Å². The Morgan fingerprint density at radius 2 is 0.370 bits per heavy atom. The van der Waals surface area contributed by atoms with Crippen molar-refractivity contribution in [3.05, 3.63) is 459 Å². The first-order chi connectivity index (χ1) is 70.0. The van der Waals surface area contributed by atoms with Gasteiger partial charge in [0.05, 0.1) is 32.3 Å². The van der Waals surface area contributed by atoms with Gasteiger partial charge >= 0.3 is 0 Å². The lowest BCUT2D eigenvalue weighted by Gasteiger charge is -2.25. The van der Waals surface area contributed by atoms with E-state index in [1.54, 1.807) is 0 Å². The zero-order chi connectivity index (χ0) is 102. The van der Waals surface area contributed by atoms with E-state index in [2.05, 4.69) is 571 Å². The van der Waals surface area contributed by atoms with E-state index >= 15 is 0 Å². The second kappa shape index (κ2) is 38.7. The first kappa shape index (κ1) is 97.4. The normalized spacial score (nSPS) is 12.2. The van der Waals surface area contributed by atoms with Gasteiger partial charge in [0.2, 0.25) is 0 Å². The molecule has 0 aliphatic rings. The molecule has 0 atom stereocenters. The molecule has 0 spiro atoms. The molecule has 0 aliphatic heterocycles. The number of hydrogen-bond acceptors (Lipinski definition) is 0. The lowest BCUT2D eigenvalue weighted by atomic mass is 9.79. The van der Waals surface area contributed by atoms with Crippen LogP contribution in [0.4, 0.5) is 0 Å². The molecule has 0 aliphatic carbocycles. The summed E-state index contributed by atoms with van der Waals surface area (Å²) in [6.07, 6.45) is 0. The Balaban J connectivity index is 0.000000115. The largest absolute Gasteiger partial charge is 0.0776 e. The molecule has 0 saturated heterocycles. The van der Waals surface area contributed by atoms with Crippen LogP contribution in [-0.2, 0) is 10.8 Å². The Hall–Kier alpha value is -14.7. The molecule has 0 N–H and O–H groups in total. The zero-order valence-electron chi connectivity index (χ0n) is 88.6. The standard InChI is InChI=1S/C38H36.2C36H36Si2.C32H24/c1-37(2,3)29-19-21-32-33(23-29)35(26-13-8-7-9-14-26)31-20-18-30(38(4,5)6)24-34(31)36(32)28-17-16-25-12-10-11-15-27(25)22-28;1-37(2,3)27-20-22-32-33(23-27)35(26-14-8-7-9-15-26)31-21-19-28(38(4,5)6)24-34(31)36(32)30-18-12-16-25-13-10-11-17-29(25)30;1-37(2,3)29-19-21-32-33(23-29)35(26-13-8-7-9-14-26)31-20-18-30(38(4,5)6)24-34(31)36(32)28-17-16-25-12-10-11-15-27(25)22-28;1-21-13-17-28-29(18-21)31(24-9-4-3-5-10-24)27-16-12-22(2)19-30(27)32(28)26-15-14-23-8-6-7-11-25(23)20-26/h3*7-24H,1-6H3;3-20H,1-2H3. The summed E-state index contributed by atoms with van der Waals surface area (Å²) >= 11 is 0. The van der Waals surface area contributed by atoms with Gasteiger partial charge in [0.15, 0.2) is 0 Å². The van der Waals surface area contributed by atoms with E-state index in [9.17, 15) is 0 Å². The van der Waals surface area contributed by atoms with Gasteiger partial charge in [0.1, 0.15) is 0 Å². The molecule has 0 radical (unpaired) electrons. The van der Waals surface area contributed by atoms with E-state index in [0.717, 1.165) is 0 Å². The SMILES string of the molecule is CC(C)(C)c1ccc2c(-c3ccc4ccccc4c3)c3cc(C(C)(C)C)ccc3c(-c3ccccc3)c2c1.C[Si](C)(C)c1ccc2c(-c3ccc4ccccc4c3)c3cc([Si](C)(C)C)ccc3c(-c3ccccc3)c2c1.C[Si](C)(C)c1ccc2c(-c3cccc4ccccc34)c3cc([Si](C)(C)C)ccc3c(-c3ccccc3)c2c1.Cc1ccc2c(-c3ccc4ccccc4c3)c3cc(C)ccc3c(-c3ccccc3)c2c1. The van der Waals surface area contributed by atoms with Crippen LogP contribution in [-0.4, -0.2) is 32.3 Å². The van der Waals surface area contributed by atoms with Crippen LogP contribution >= 0.6 is 0 Å². The molecular formula is C142H132Si4. The summed E-state index contributed by atoms with van der Waals surface area (Å²) in [5.41, 5.74) is 26.4. The number of hydrogen-bond donors (Lipinski definition) is 0. The highest BCUT2D eigenvalue weighted by molar-refractivity contribution is 6.90. The van der Waals surface area contributed by atoms with Crippen molar-refractivity contribution >= 4 is 182 Å². The van der Waals surface area contributed by atoms with E-state index in [0.29, 0.717) is 0 Å². The maximum Gasteiger partial charge on any atom is 0.0776 e. The van der Waals surface area contributed by atoms with Gasteiger partial charge < -0.3 is 0 Å². The molecular weight excluding hydrogens is 1820 g/mol. The van der Waals surface area contributed by atoms with Crippen LogP contribution in [0, 0.1) is 13.8 Å². The number of benzene rings is 24. The third kappa shape index (κ3) is 19.0. The minimum absolute atomic E-state index is 0.0623. The Kier molecular flexibility index (Phi) is 25.8. The molecule has 24 rings (SSSR count). The van der Waals surface area contributed by atoms with Crippen molar-refractivity contribution < 1.29 is 0 Å². The topological polar surface area (TPSA) is 0 Å². The van der Waals surface area contributed by atoms with Crippen LogP contribution in [0.2, 0.25) is 78.6 Å². The molecule has 0 bridgehead atoms. The summed E-state index contributed by atoms with van der Waals surface area (Å²) in [7, 11) is -6.04. The Morgan fingerprint density at radius 3 is 0.664 bits per heavy atom. The monoisotopic (exact) mass is 1950 g/mol. The van der Waals surface area contributed by atoms with Gasteiger partial charge in [-0.15, -0.1) is 0 Å². The molecule has 0 nitrogen and oxygen atoms in total. The van der Waals surface area contributed by atoms with Crippen LogP contribution in [0.15, 0.2) is 437 Å². The predicted octanol–water partition coefficient (Wildman–Crippen LogP) is 39.3. The van der Waals surface area contributed by atoms with Gasteiger partial charge in [-0.05, 0) is 284 Å². The van der Waals surface area contributed by atoms with Gasteiger partial charge in [0.25, 0.3) is 0 Å². The van der Waals surface area contributed by atoms with Gasteiger partial charge in [-0.25, -0.2) is 0 Å². The van der Waals surface area contributed by atoms with Gasteiger partial charge in [-0.3, -0.25) is 0 Å². The van der Waals surface area contributed by atoms with Crippen LogP contribution in [0.3, 0.4) is 0 Å². The summed E-state index contributed by atoms with van der Waals surface area (Å²) in [5.74, 6) is 0. The molecule has 24 aromatic rings. The van der Waals surface area contributed by atoms with Crippen molar-refractivity contribution in [2.45, 2.75) is 145 Å². The molecule has 146 heavy (non-hydrogen) atoms. The molecule has 0 heterocycles. The fourth-order valence-corrected chi connectivity index (χ4v) is 26.9. The van der Waals surface area contributed by atoms with Crippen LogP contribution in [0.1, 0.15) is 63.8 Å². The van der Waals surface area contributed by atoms with E-state index in [1.807, 2.05) is 0 Å². The molecule has 0 aromatic heterocycles. The maximum absolute atomic E-state index is 2.52. The van der Waals surface area contributed by atoms with Crippen molar-refractivity contribution in [3.8, 4) is 89.0 Å². The van der Waals surface area contributed by atoms with Crippen molar-refractivity contribution in [3.63, 3.8) is 0 Å². The van der Waals surface area contributed by atoms with Crippen molar-refractivity contribution in [2.24, 2.45) is 0 Å². The third-order valence-electron chi connectivity index (χ3n) is 30.4. The minimum atomic E-state index is -1.52. The second-order valence-corrected chi connectivity index (χ2v) is 67.1. The summed E-state index contributed by atoms with van der Waals surface area (Å²) in [6, 6.07) is 164. The highest BCUT2D eigenvalue weighted by Crippen LogP contribution is 2.52. The number of aryl methyl sites for hydroxylation is 2. The van der Waals surface area contributed by atoms with Gasteiger partial charge in [0, 0.05) is 0 Å². The van der Waals surface area contributed by atoms with E-state index in [1.165, 1.54) is 261 Å².